The topological polar surface area (TPSA) is 105 Å². The smallest absolute Gasteiger partial charge is 0.211 e. The van der Waals surface area contributed by atoms with Crippen molar-refractivity contribution in [2.45, 2.75) is 94.4 Å². The van der Waals surface area contributed by atoms with Crippen LogP contribution in [0.15, 0.2) is 42.9 Å². The second-order valence-electron chi connectivity index (χ2n) is 12.6. The van der Waals surface area contributed by atoms with Crippen LogP contribution in [0.25, 0.3) is 0 Å². The van der Waals surface area contributed by atoms with Gasteiger partial charge in [0.25, 0.3) is 0 Å². The third kappa shape index (κ3) is 6.95. The van der Waals surface area contributed by atoms with Gasteiger partial charge in [0.2, 0.25) is 19.2 Å². The number of thiophene rings is 1. The second kappa shape index (κ2) is 13.8. The normalized spacial score (nSPS) is 26.6. The van der Waals surface area contributed by atoms with E-state index in [1.807, 2.05) is 0 Å². The number of halogens is 3. The van der Waals surface area contributed by atoms with Crippen LogP contribution < -0.4 is 5.32 Å². The molecule has 0 spiro atoms. The average molecular weight is 671 g/mol. The maximum atomic E-state index is 14.9. The zero-order valence-electron chi connectivity index (χ0n) is 25.4. The molecule has 236 valence electrons. The number of ketones is 1. The van der Waals surface area contributed by atoms with Gasteiger partial charge in [0.1, 0.15) is 12.1 Å². The fourth-order valence-electron chi connectivity index (χ4n) is 6.96. The molecule has 6 atom stereocenters. The van der Waals surface area contributed by atoms with Crippen LogP contribution in [0.3, 0.4) is 0 Å². The molecule has 0 aromatic carbocycles. The number of rotatable bonds is 12. The predicted molar refractivity (Wildman–Crippen MR) is 174 cm³/mol. The van der Waals surface area contributed by atoms with E-state index >= 15 is 0 Å². The van der Waals surface area contributed by atoms with Crippen molar-refractivity contribution in [2.24, 2.45) is 11.8 Å². The van der Waals surface area contributed by atoms with Gasteiger partial charge in [0.15, 0.2) is 0 Å². The molecular weight excluding hydrogens is 628 g/mol. The lowest BCUT2D eigenvalue weighted by Crippen LogP contribution is -2.51. The Morgan fingerprint density at radius 2 is 1.88 bits per heavy atom. The summed E-state index contributed by atoms with van der Waals surface area (Å²) in [5.41, 5.74) is 1.73. The van der Waals surface area contributed by atoms with E-state index in [9.17, 15) is 19.4 Å². The summed E-state index contributed by atoms with van der Waals surface area (Å²) in [6.45, 7) is 13.5. The van der Waals surface area contributed by atoms with Crippen molar-refractivity contribution in [3.05, 3.63) is 63.2 Å². The summed E-state index contributed by atoms with van der Waals surface area (Å²) in [4.78, 5) is 22.4. The van der Waals surface area contributed by atoms with E-state index in [1.54, 1.807) is 6.08 Å². The number of anilines is 1. The van der Waals surface area contributed by atoms with Gasteiger partial charge in [-0.15, -0.1) is 11.3 Å². The Kier molecular flexibility index (Phi) is 11.0. The Morgan fingerprint density at radius 1 is 1.21 bits per heavy atom. The largest absolute Gasteiger partial charge is 0.413 e. The number of nitrogens with zero attached hydrogens (tertiary/aromatic N) is 2. The second-order valence-corrected chi connectivity index (χ2v) is 20.2. The van der Waals surface area contributed by atoms with E-state index in [2.05, 4.69) is 56.8 Å². The van der Waals surface area contributed by atoms with Gasteiger partial charge in [-0.3, -0.25) is 4.79 Å². The number of hydrogen-bond donors (Lipinski definition) is 3. The van der Waals surface area contributed by atoms with Gasteiger partial charge >= 0.3 is 0 Å². The first kappa shape index (κ1) is 34.2. The highest BCUT2D eigenvalue weighted by molar-refractivity contribution is 7.18. The third-order valence-corrected chi connectivity index (χ3v) is 16.9. The lowest BCUT2D eigenvalue weighted by Gasteiger charge is -2.45. The Morgan fingerprint density at radius 3 is 2.49 bits per heavy atom. The number of carbonyl (C=O) groups excluding carboxylic acids is 1. The van der Waals surface area contributed by atoms with Crippen LogP contribution in [0.4, 0.5) is 10.2 Å². The van der Waals surface area contributed by atoms with E-state index in [4.69, 9.17) is 27.6 Å². The van der Waals surface area contributed by atoms with Gasteiger partial charge < -0.3 is 20.0 Å². The van der Waals surface area contributed by atoms with Crippen LogP contribution in [0.2, 0.25) is 21.0 Å². The molecule has 0 amide bonds. The zero-order chi connectivity index (χ0) is 31.7. The first-order valence-electron chi connectivity index (χ1n) is 14.8. The van der Waals surface area contributed by atoms with Gasteiger partial charge in [0, 0.05) is 30.3 Å². The SMILES string of the molecule is CC(C)[Si](O[C@H]1C[C@H](Nc2ncncc2C(=O)c2cc([C@H](O)C3C=CC=CC3(F)Cl)c(Cl)s2)C[C@@H]1CO)(C(C)C)C(C)C. The molecule has 1 fully saturated rings. The Labute approximate surface area is 268 Å². The highest BCUT2D eigenvalue weighted by Gasteiger charge is 2.49. The lowest BCUT2D eigenvalue weighted by atomic mass is 9.89. The highest BCUT2D eigenvalue weighted by atomic mass is 35.5. The van der Waals surface area contributed by atoms with Gasteiger partial charge in [-0.2, -0.15) is 0 Å². The molecule has 7 nitrogen and oxygen atoms in total. The molecule has 2 heterocycles. The minimum absolute atomic E-state index is 0.0183. The summed E-state index contributed by atoms with van der Waals surface area (Å²) in [5.74, 6) is -1.11. The molecule has 2 aromatic rings. The quantitative estimate of drug-likeness (QED) is 0.120. The lowest BCUT2D eigenvalue weighted by molar-refractivity contribution is 0.0803. The van der Waals surface area contributed by atoms with Crippen LogP contribution in [-0.2, 0) is 4.43 Å². The molecule has 2 unspecified atom stereocenters. The number of carbonyl (C=O) groups is 1. The summed E-state index contributed by atoms with van der Waals surface area (Å²) in [6.07, 6.45) is 8.45. The summed E-state index contributed by atoms with van der Waals surface area (Å²) in [7, 11) is -2.17. The minimum atomic E-state index is -2.29. The first-order chi connectivity index (χ1) is 20.2. The van der Waals surface area contributed by atoms with Crippen LogP contribution in [0.1, 0.15) is 81.3 Å². The van der Waals surface area contributed by atoms with E-state index in [0.717, 1.165) is 11.3 Å². The molecule has 3 N–H and O–H groups in total. The van der Waals surface area contributed by atoms with E-state index in [-0.39, 0.29) is 50.8 Å². The summed E-state index contributed by atoms with van der Waals surface area (Å²) >= 11 is 13.4. The molecule has 43 heavy (non-hydrogen) atoms. The van der Waals surface area contributed by atoms with Gasteiger partial charge in [0.05, 0.1) is 32.9 Å². The minimum Gasteiger partial charge on any atom is -0.413 e. The van der Waals surface area contributed by atoms with Crippen LogP contribution in [0.5, 0.6) is 0 Å². The van der Waals surface area contributed by atoms with Gasteiger partial charge in [-0.05, 0) is 41.6 Å². The number of alkyl halides is 2. The van der Waals surface area contributed by atoms with E-state index in [1.165, 1.54) is 36.8 Å². The van der Waals surface area contributed by atoms with Crippen molar-refractivity contribution in [1.82, 2.24) is 9.97 Å². The summed E-state index contributed by atoms with van der Waals surface area (Å²) < 4.78 is 22.1. The van der Waals surface area contributed by atoms with Crippen molar-refractivity contribution < 1.29 is 23.8 Å². The maximum Gasteiger partial charge on any atom is 0.211 e. The molecule has 1 saturated carbocycles. The van der Waals surface area contributed by atoms with Crippen molar-refractivity contribution in [1.29, 1.82) is 0 Å². The third-order valence-electron chi connectivity index (χ3n) is 9.01. The molecule has 0 radical (unpaired) electrons. The number of aliphatic hydroxyl groups excluding tert-OH is 2. The number of hydrogen-bond acceptors (Lipinski definition) is 8. The number of allylic oxidation sites excluding steroid dienone is 3. The monoisotopic (exact) mass is 669 g/mol. The molecule has 0 aliphatic heterocycles. The van der Waals surface area contributed by atoms with Crippen LogP contribution in [0, 0.1) is 11.8 Å². The summed E-state index contributed by atoms with van der Waals surface area (Å²) in [6, 6.07) is 1.41. The van der Waals surface area contributed by atoms with Gasteiger partial charge in [-0.25, -0.2) is 14.4 Å². The average Bonchev–Trinajstić information content (AvgIpc) is 3.52. The number of nitrogens with one attached hydrogen (secondary N) is 1. The van der Waals surface area contributed by atoms with Crippen molar-refractivity contribution in [2.75, 3.05) is 11.9 Å². The molecule has 12 heteroatoms. The molecule has 4 rings (SSSR count). The Bertz CT molecular complexity index is 1330. The summed E-state index contributed by atoms with van der Waals surface area (Å²) in [5, 5.41) is 22.4. The Hall–Kier alpha value is -1.66. The van der Waals surface area contributed by atoms with Crippen LogP contribution >= 0.6 is 34.5 Å². The van der Waals surface area contributed by atoms with Gasteiger partial charge in [-0.1, -0.05) is 83.0 Å². The highest BCUT2D eigenvalue weighted by Crippen LogP contribution is 2.47. The van der Waals surface area contributed by atoms with Crippen molar-refractivity contribution >= 4 is 54.5 Å². The number of aromatic nitrogens is 2. The molecule has 2 aromatic heterocycles. The van der Waals surface area contributed by atoms with Crippen molar-refractivity contribution in [3.8, 4) is 0 Å². The Balaban J connectivity index is 1.54. The van der Waals surface area contributed by atoms with Crippen molar-refractivity contribution in [3.63, 3.8) is 0 Å². The molecule has 0 bridgehead atoms. The maximum absolute atomic E-state index is 14.9. The molecular formula is C31H42Cl2FN3O4SSi. The van der Waals surface area contributed by atoms with Crippen LogP contribution in [-0.4, -0.2) is 58.2 Å². The number of aliphatic hydroxyl groups is 2. The predicted octanol–water partition coefficient (Wildman–Crippen LogP) is 7.85. The first-order valence-corrected chi connectivity index (χ1v) is 18.5. The van der Waals surface area contributed by atoms with E-state index < -0.39 is 25.5 Å². The molecule has 2 aliphatic rings. The fourth-order valence-corrected chi connectivity index (χ4v) is 14.1. The molecule has 2 aliphatic carbocycles. The van der Waals surface area contributed by atoms with E-state index in [0.29, 0.717) is 35.3 Å². The zero-order valence-corrected chi connectivity index (χ0v) is 28.8. The fraction of sp³-hybridized carbons (Fsp3) is 0.581. The standard InChI is InChI=1S/C31H42Cl2FN3O4SSi/c1-17(2)43(18(3)4,19(5)6)41-25-12-21(11-20(25)15-38)37-30-23(14-35-16-36-30)28(40)26-13-22(29(32)42-26)27(39)24-9-7-8-10-31(24,33)34/h7-10,13-14,16-21,24-25,27,38-39H,11-12,15H2,1-6H3,(H,35,36,37)/t20-,21-,24?,25+,27+,31?/m1/s1. The molecule has 0 saturated heterocycles.